The van der Waals surface area contributed by atoms with Gasteiger partial charge in [0.1, 0.15) is 24.2 Å². The number of nitrogens with one attached hydrogen (secondary N) is 1. The van der Waals surface area contributed by atoms with Gasteiger partial charge in [-0.1, -0.05) is 61.2 Å². The molecule has 1 N–H and O–H groups in total. The third-order valence-corrected chi connectivity index (χ3v) is 9.41. The summed E-state index contributed by atoms with van der Waals surface area (Å²) < 4.78 is 48.0. The van der Waals surface area contributed by atoms with E-state index in [0.717, 1.165) is 36.4 Å². The first-order valence-corrected chi connectivity index (χ1v) is 15.7. The average Bonchev–Trinajstić information content (AvgIpc) is 3.00. The molecule has 1 atom stereocenters. The molecule has 0 radical (unpaired) electrons. The number of carbonyl (C=O) groups is 2. The van der Waals surface area contributed by atoms with Gasteiger partial charge in [-0.05, 0) is 67.8 Å². The number of methoxy groups -OCH3 is 1. The van der Waals surface area contributed by atoms with Crippen LogP contribution >= 0.6 is 11.6 Å². The molecule has 1 saturated carbocycles. The number of sulfonamides is 1. The van der Waals surface area contributed by atoms with Crippen LogP contribution in [0.3, 0.4) is 0 Å². The van der Waals surface area contributed by atoms with E-state index in [-0.39, 0.29) is 39.8 Å². The maximum atomic E-state index is 14.1. The van der Waals surface area contributed by atoms with Crippen LogP contribution in [0, 0.1) is 5.82 Å². The summed E-state index contributed by atoms with van der Waals surface area (Å²) in [7, 11) is -2.89. The number of rotatable bonds is 11. The van der Waals surface area contributed by atoms with Crippen LogP contribution in [-0.2, 0) is 26.2 Å². The SMILES string of the molecule is COc1ccc(Cl)cc1N(CC(=O)N(Cc1ccc(F)cc1)C(C)C(=O)NC1CCCCC1)S(=O)(=O)c1ccccc1. The second-order valence-electron chi connectivity index (χ2n) is 10.3. The lowest BCUT2D eigenvalue weighted by Gasteiger charge is -2.33. The van der Waals surface area contributed by atoms with E-state index in [4.69, 9.17) is 16.3 Å². The van der Waals surface area contributed by atoms with Gasteiger partial charge in [0, 0.05) is 17.6 Å². The van der Waals surface area contributed by atoms with E-state index in [1.807, 2.05) is 0 Å². The Morgan fingerprint density at radius 2 is 1.69 bits per heavy atom. The second-order valence-corrected chi connectivity index (χ2v) is 12.6. The number of ether oxygens (including phenoxy) is 1. The van der Waals surface area contributed by atoms with Crippen molar-refractivity contribution in [3.8, 4) is 5.75 Å². The summed E-state index contributed by atoms with van der Waals surface area (Å²) in [6.45, 7) is 0.927. The fourth-order valence-electron chi connectivity index (χ4n) is 5.03. The Morgan fingerprint density at radius 1 is 1.02 bits per heavy atom. The molecule has 0 aliphatic heterocycles. The third kappa shape index (κ3) is 7.60. The van der Waals surface area contributed by atoms with Crippen molar-refractivity contribution < 1.29 is 27.1 Å². The van der Waals surface area contributed by atoms with Crippen molar-refractivity contribution in [1.29, 1.82) is 0 Å². The smallest absolute Gasteiger partial charge is 0.264 e. The van der Waals surface area contributed by atoms with Crippen molar-refractivity contribution in [2.45, 2.75) is 62.6 Å². The molecule has 0 bridgehead atoms. The van der Waals surface area contributed by atoms with Crippen LogP contribution in [0.5, 0.6) is 5.75 Å². The fraction of sp³-hybridized carbons (Fsp3) is 0.355. The highest BCUT2D eigenvalue weighted by molar-refractivity contribution is 7.92. The minimum absolute atomic E-state index is 0.0159. The van der Waals surface area contributed by atoms with Gasteiger partial charge in [0.25, 0.3) is 10.0 Å². The maximum absolute atomic E-state index is 14.1. The Hall–Kier alpha value is -3.63. The highest BCUT2D eigenvalue weighted by atomic mass is 35.5. The van der Waals surface area contributed by atoms with Crippen LogP contribution in [0.2, 0.25) is 5.02 Å². The molecule has 1 unspecified atom stereocenters. The monoisotopic (exact) mass is 615 g/mol. The van der Waals surface area contributed by atoms with Crippen molar-refractivity contribution >= 4 is 39.1 Å². The minimum atomic E-state index is -4.28. The van der Waals surface area contributed by atoms with Crippen molar-refractivity contribution in [3.63, 3.8) is 0 Å². The van der Waals surface area contributed by atoms with Crippen LogP contribution in [-0.4, -0.2) is 50.9 Å². The number of halogens is 2. The van der Waals surface area contributed by atoms with Gasteiger partial charge in [0.15, 0.2) is 0 Å². The van der Waals surface area contributed by atoms with Crippen molar-refractivity contribution in [1.82, 2.24) is 10.2 Å². The molecule has 3 aromatic rings. The number of carbonyl (C=O) groups excluding carboxylic acids is 2. The van der Waals surface area contributed by atoms with Gasteiger partial charge >= 0.3 is 0 Å². The number of hydrogen-bond donors (Lipinski definition) is 1. The van der Waals surface area contributed by atoms with Crippen molar-refractivity contribution in [2.75, 3.05) is 18.0 Å². The van der Waals surface area contributed by atoms with Gasteiger partial charge in [0.2, 0.25) is 11.8 Å². The molecular formula is C31H35ClFN3O5S. The van der Waals surface area contributed by atoms with Crippen LogP contribution < -0.4 is 14.4 Å². The predicted molar refractivity (Wildman–Crippen MR) is 160 cm³/mol. The molecule has 8 nitrogen and oxygen atoms in total. The number of benzene rings is 3. The number of amides is 2. The summed E-state index contributed by atoms with van der Waals surface area (Å²) in [6.07, 6.45) is 4.89. The maximum Gasteiger partial charge on any atom is 0.264 e. The molecule has 0 spiro atoms. The van der Waals surface area contributed by atoms with Gasteiger partial charge in [-0.15, -0.1) is 0 Å². The first-order valence-electron chi connectivity index (χ1n) is 13.9. The van der Waals surface area contributed by atoms with Crippen LogP contribution in [0.15, 0.2) is 77.7 Å². The minimum Gasteiger partial charge on any atom is -0.495 e. The summed E-state index contributed by atoms with van der Waals surface area (Å²) in [5.74, 6) is -1.21. The largest absolute Gasteiger partial charge is 0.495 e. The molecular weight excluding hydrogens is 581 g/mol. The Morgan fingerprint density at radius 3 is 2.33 bits per heavy atom. The molecule has 2 amide bonds. The first kappa shape index (κ1) is 31.3. The molecule has 0 saturated heterocycles. The molecule has 0 aromatic heterocycles. The Balaban J connectivity index is 1.71. The van der Waals surface area contributed by atoms with Gasteiger partial charge < -0.3 is 15.0 Å². The van der Waals surface area contributed by atoms with Crippen LogP contribution in [0.1, 0.15) is 44.6 Å². The van der Waals surface area contributed by atoms with E-state index in [9.17, 15) is 22.4 Å². The van der Waals surface area contributed by atoms with E-state index < -0.39 is 34.3 Å². The molecule has 1 aliphatic rings. The molecule has 1 fully saturated rings. The second kappa shape index (κ2) is 14.0. The van der Waals surface area contributed by atoms with Gasteiger partial charge in [-0.2, -0.15) is 0 Å². The van der Waals surface area contributed by atoms with Crippen molar-refractivity contribution in [3.05, 3.63) is 89.2 Å². The highest BCUT2D eigenvalue weighted by Crippen LogP contribution is 2.35. The highest BCUT2D eigenvalue weighted by Gasteiger charge is 2.34. The summed E-state index contributed by atoms with van der Waals surface area (Å²) >= 11 is 6.26. The number of anilines is 1. The summed E-state index contributed by atoms with van der Waals surface area (Å²) in [4.78, 5) is 28.8. The zero-order valence-corrected chi connectivity index (χ0v) is 25.2. The lowest BCUT2D eigenvalue weighted by Crippen LogP contribution is -2.53. The fourth-order valence-corrected chi connectivity index (χ4v) is 6.63. The molecule has 42 heavy (non-hydrogen) atoms. The van der Waals surface area contributed by atoms with E-state index in [1.54, 1.807) is 31.2 Å². The first-order chi connectivity index (χ1) is 20.1. The molecule has 11 heteroatoms. The van der Waals surface area contributed by atoms with Gasteiger partial charge in [-0.3, -0.25) is 13.9 Å². The van der Waals surface area contributed by atoms with Gasteiger partial charge in [0.05, 0.1) is 17.7 Å². The molecule has 0 heterocycles. The Labute approximate surface area is 251 Å². The lowest BCUT2D eigenvalue weighted by atomic mass is 9.95. The van der Waals surface area contributed by atoms with Crippen LogP contribution in [0.4, 0.5) is 10.1 Å². The zero-order chi connectivity index (χ0) is 30.3. The van der Waals surface area contributed by atoms with E-state index in [2.05, 4.69) is 5.32 Å². The average molecular weight is 616 g/mol. The topological polar surface area (TPSA) is 96.0 Å². The lowest BCUT2D eigenvalue weighted by molar-refractivity contribution is -0.139. The van der Waals surface area contributed by atoms with Crippen molar-refractivity contribution in [2.24, 2.45) is 0 Å². The van der Waals surface area contributed by atoms with E-state index in [0.29, 0.717) is 5.56 Å². The van der Waals surface area contributed by atoms with E-state index >= 15 is 0 Å². The normalized spacial score (nSPS) is 14.6. The predicted octanol–water partition coefficient (Wildman–Crippen LogP) is 5.55. The molecule has 4 rings (SSSR count). The standard InChI is InChI=1S/C31H35ClFN3O5S/c1-22(31(38)34-26-9-5-3-6-10-26)35(20-23-13-16-25(33)17-14-23)30(37)21-36(28-19-24(32)15-18-29(28)41-2)42(39,40)27-11-7-4-8-12-27/h4,7-8,11-19,22,26H,3,5-6,9-10,20-21H2,1-2H3,(H,34,38). The molecule has 224 valence electrons. The Bertz CT molecular complexity index is 1480. The Kier molecular flexibility index (Phi) is 10.5. The zero-order valence-electron chi connectivity index (χ0n) is 23.6. The molecule has 3 aromatic carbocycles. The number of hydrogen-bond acceptors (Lipinski definition) is 5. The quantitative estimate of drug-likeness (QED) is 0.305. The third-order valence-electron chi connectivity index (χ3n) is 7.40. The van der Waals surface area contributed by atoms with E-state index in [1.165, 1.54) is 60.5 Å². The summed E-state index contributed by atoms with van der Waals surface area (Å²) in [5.41, 5.74) is 0.656. The molecule has 1 aliphatic carbocycles. The summed E-state index contributed by atoms with van der Waals surface area (Å²) in [5, 5.41) is 3.30. The summed E-state index contributed by atoms with van der Waals surface area (Å²) in [6, 6.07) is 16.9. The van der Waals surface area contributed by atoms with Crippen LogP contribution in [0.25, 0.3) is 0 Å². The van der Waals surface area contributed by atoms with Gasteiger partial charge in [-0.25, -0.2) is 12.8 Å². The number of nitrogens with zero attached hydrogens (tertiary/aromatic N) is 2.